The van der Waals surface area contributed by atoms with Crippen molar-refractivity contribution in [1.29, 1.82) is 0 Å². The van der Waals surface area contributed by atoms with Gasteiger partial charge in [-0.1, -0.05) is 32.1 Å². The minimum absolute atomic E-state index is 0.321. The van der Waals surface area contributed by atoms with Crippen molar-refractivity contribution >= 4 is 17.2 Å². The van der Waals surface area contributed by atoms with Crippen LogP contribution in [0.1, 0.15) is 75.7 Å². The molecule has 2 saturated heterocycles. The van der Waals surface area contributed by atoms with Gasteiger partial charge in [0, 0.05) is 50.0 Å². The zero-order valence-electron chi connectivity index (χ0n) is 17.2. The number of nitrogens with zero attached hydrogens (tertiary/aromatic N) is 2. The van der Waals surface area contributed by atoms with Crippen molar-refractivity contribution in [2.24, 2.45) is 17.8 Å². The van der Waals surface area contributed by atoms with Gasteiger partial charge in [-0.3, -0.25) is 4.79 Å². The maximum Gasteiger partial charge on any atom is 0.225 e. The minimum Gasteiger partial charge on any atom is -0.338 e. The summed E-state index contributed by atoms with van der Waals surface area (Å²) >= 11 is 1.81. The Balaban J connectivity index is 1.31. The first kappa shape index (κ1) is 19.1. The Morgan fingerprint density at radius 3 is 2.54 bits per heavy atom. The second-order valence-electron chi connectivity index (χ2n) is 9.92. The fourth-order valence-electron chi connectivity index (χ4n) is 6.71. The van der Waals surface area contributed by atoms with E-state index >= 15 is 0 Å². The Bertz CT molecular complexity index is 648. The summed E-state index contributed by atoms with van der Waals surface area (Å²) < 4.78 is 0. The molecule has 4 heteroatoms. The van der Waals surface area contributed by atoms with Crippen LogP contribution in [0.25, 0.3) is 0 Å². The van der Waals surface area contributed by atoms with Crippen LogP contribution in [0.4, 0.5) is 0 Å². The molecule has 0 unspecified atom stereocenters. The molecule has 3 heterocycles. The molecular formula is C24H36N2OS. The SMILES string of the molecule is O=C(C1CCCC1)N1C[C@@H](c2ccsc2)[C@@H]2CN(CC3CCCCC3)CC[C@@H]21. The zero-order valence-corrected chi connectivity index (χ0v) is 18.0. The number of fused-ring (bicyclic) bond motifs is 1. The van der Waals surface area contributed by atoms with Crippen molar-refractivity contribution in [3.05, 3.63) is 22.4 Å². The summed E-state index contributed by atoms with van der Waals surface area (Å²) in [6.07, 6.45) is 13.1. The van der Waals surface area contributed by atoms with Crippen LogP contribution in [0.3, 0.4) is 0 Å². The molecule has 3 nitrogen and oxygen atoms in total. The molecule has 0 spiro atoms. The van der Waals surface area contributed by atoms with Crippen LogP contribution in [-0.4, -0.2) is 47.9 Å². The molecule has 2 aliphatic carbocycles. The molecule has 0 bridgehead atoms. The van der Waals surface area contributed by atoms with Crippen LogP contribution in [0.2, 0.25) is 0 Å². The predicted octanol–water partition coefficient (Wildman–Crippen LogP) is 5.13. The summed E-state index contributed by atoms with van der Waals surface area (Å²) in [5, 5.41) is 4.56. The Morgan fingerprint density at radius 2 is 1.79 bits per heavy atom. The van der Waals surface area contributed by atoms with Crippen LogP contribution < -0.4 is 0 Å². The fourth-order valence-corrected chi connectivity index (χ4v) is 7.43. The van der Waals surface area contributed by atoms with Crippen LogP contribution in [-0.2, 0) is 4.79 Å². The van der Waals surface area contributed by atoms with Gasteiger partial charge in [0.2, 0.25) is 5.91 Å². The van der Waals surface area contributed by atoms with Crippen molar-refractivity contribution in [3.8, 4) is 0 Å². The van der Waals surface area contributed by atoms with Crippen molar-refractivity contribution in [1.82, 2.24) is 9.80 Å². The lowest BCUT2D eigenvalue weighted by Crippen LogP contribution is -2.49. The number of carbonyl (C=O) groups excluding carboxylic acids is 1. The van der Waals surface area contributed by atoms with E-state index < -0.39 is 0 Å². The summed E-state index contributed by atoms with van der Waals surface area (Å²) in [5.41, 5.74) is 1.49. The third-order valence-electron chi connectivity index (χ3n) is 8.21. The maximum atomic E-state index is 13.3. The number of thiophene rings is 1. The summed E-state index contributed by atoms with van der Waals surface area (Å²) in [6.45, 7) is 4.67. The molecule has 4 fully saturated rings. The van der Waals surface area contributed by atoms with Gasteiger partial charge < -0.3 is 9.80 Å². The number of hydrogen-bond acceptors (Lipinski definition) is 3. The van der Waals surface area contributed by atoms with Gasteiger partial charge in [0.1, 0.15) is 0 Å². The molecule has 3 atom stereocenters. The van der Waals surface area contributed by atoms with Crippen LogP contribution in [0, 0.1) is 17.8 Å². The standard InChI is InChI=1S/C24H36N2OS/c27-24(19-8-4-5-9-19)26-16-21(20-11-13-28-17-20)22-15-25(12-10-23(22)26)14-18-6-2-1-3-7-18/h11,13,17-19,21-23H,1-10,12,14-16H2/t21-,22-,23-/m0/s1. The average Bonchev–Trinajstić information content (AvgIpc) is 3.48. The molecule has 0 radical (unpaired) electrons. The van der Waals surface area contributed by atoms with Gasteiger partial charge in [0.05, 0.1) is 0 Å². The molecule has 1 aromatic heterocycles. The van der Waals surface area contributed by atoms with Gasteiger partial charge >= 0.3 is 0 Å². The number of rotatable bonds is 4. The Labute approximate surface area is 174 Å². The molecule has 0 N–H and O–H groups in total. The van der Waals surface area contributed by atoms with Crippen molar-refractivity contribution in [3.63, 3.8) is 0 Å². The molecule has 5 rings (SSSR count). The zero-order chi connectivity index (χ0) is 18.9. The highest BCUT2D eigenvalue weighted by Crippen LogP contribution is 2.44. The molecule has 28 heavy (non-hydrogen) atoms. The van der Waals surface area contributed by atoms with Crippen molar-refractivity contribution in [2.45, 2.75) is 76.2 Å². The molecular weight excluding hydrogens is 364 g/mol. The van der Waals surface area contributed by atoms with E-state index in [1.54, 1.807) is 0 Å². The number of likely N-dealkylation sites (tertiary alicyclic amines) is 2. The van der Waals surface area contributed by atoms with Crippen LogP contribution in [0.5, 0.6) is 0 Å². The molecule has 4 aliphatic rings. The third kappa shape index (κ3) is 3.79. The molecule has 2 aliphatic heterocycles. The predicted molar refractivity (Wildman–Crippen MR) is 116 cm³/mol. The average molecular weight is 401 g/mol. The maximum absolute atomic E-state index is 13.3. The minimum atomic E-state index is 0.321. The van der Waals surface area contributed by atoms with Gasteiger partial charge in [-0.15, -0.1) is 0 Å². The highest BCUT2D eigenvalue weighted by Gasteiger charge is 2.48. The Morgan fingerprint density at radius 1 is 1.00 bits per heavy atom. The molecule has 1 amide bonds. The van der Waals surface area contributed by atoms with E-state index in [0.717, 1.165) is 25.3 Å². The lowest BCUT2D eigenvalue weighted by Gasteiger charge is -2.41. The van der Waals surface area contributed by atoms with E-state index in [4.69, 9.17) is 0 Å². The summed E-state index contributed by atoms with van der Waals surface area (Å²) in [5.74, 6) is 2.92. The second-order valence-corrected chi connectivity index (χ2v) is 10.7. The molecule has 154 valence electrons. The smallest absolute Gasteiger partial charge is 0.225 e. The normalized spacial score (nSPS) is 32.7. The molecule has 2 saturated carbocycles. The Kier molecular flexibility index (Phi) is 5.78. The van der Waals surface area contributed by atoms with Crippen LogP contribution >= 0.6 is 11.3 Å². The lowest BCUT2D eigenvalue weighted by atomic mass is 9.81. The monoisotopic (exact) mass is 400 g/mol. The number of carbonyl (C=O) groups is 1. The topological polar surface area (TPSA) is 23.6 Å². The highest BCUT2D eigenvalue weighted by atomic mass is 32.1. The number of amides is 1. The fraction of sp³-hybridized carbons (Fsp3) is 0.792. The van der Waals surface area contributed by atoms with E-state index in [1.165, 1.54) is 76.6 Å². The van der Waals surface area contributed by atoms with Gasteiger partial charge in [-0.25, -0.2) is 0 Å². The Hall–Kier alpha value is -0.870. The van der Waals surface area contributed by atoms with Crippen molar-refractivity contribution in [2.75, 3.05) is 26.2 Å². The van der Waals surface area contributed by atoms with E-state index in [9.17, 15) is 4.79 Å². The third-order valence-corrected chi connectivity index (χ3v) is 8.92. The molecule has 0 aromatic carbocycles. The van der Waals surface area contributed by atoms with Gasteiger partial charge in [-0.05, 0) is 60.4 Å². The van der Waals surface area contributed by atoms with E-state index in [1.807, 2.05) is 11.3 Å². The first-order valence-electron chi connectivity index (χ1n) is 11.8. The first-order valence-corrected chi connectivity index (χ1v) is 12.8. The molecule has 1 aromatic rings. The van der Waals surface area contributed by atoms with Crippen LogP contribution in [0.15, 0.2) is 16.8 Å². The first-order chi connectivity index (χ1) is 13.8. The van der Waals surface area contributed by atoms with Gasteiger partial charge in [-0.2, -0.15) is 11.3 Å². The number of hydrogen-bond donors (Lipinski definition) is 0. The van der Waals surface area contributed by atoms with Gasteiger partial charge in [0.15, 0.2) is 0 Å². The highest BCUT2D eigenvalue weighted by molar-refractivity contribution is 7.08. The quantitative estimate of drug-likeness (QED) is 0.699. The van der Waals surface area contributed by atoms with E-state index in [-0.39, 0.29) is 0 Å². The summed E-state index contributed by atoms with van der Waals surface area (Å²) in [4.78, 5) is 18.4. The summed E-state index contributed by atoms with van der Waals surface area (Å²) in [6, 6.07) is 2.80. The largest absolute Gasteiger partial charge is 0.338 e. The van der Waals surface area contributed by atoms with Crippen molar-refractivity contribution < 1.29 is 4.79 Å². The van der Waals surface area contributed by atoms with Gasteiger partial charge in [0.25, 0.3) is 0 Å². The lowest BCUT2D eigenvalue weighted by molar-refractivity contribution is -0.137. The second kappa shape index (κ2) is 8.47. The summed E-state index contributed by atoms with van der Waals surface area (Å²) in [7, 11) is 0. The number of piperidine rings is 1. The van der Waals surface area contributed by atoms with E-state index in [0.29, 0.717) is 29.7 Å². The van der Waals surface area contributed by atoms with E-state index in [2.05, 4.69) is 26.6 Å².